The van der Waals surface area contributed by atoms with E-state index in [0.29, 0.717) is 18.3 Å². The molecule has 38 heavy (non-hydrogen) atoms. The van der Waals surface area contributed by atoms with Crippen molar-refractivity contribution in [2.24, 2.45) is 10.9 Å². The Morgan fingerprint density at radius 3 is 2.74 bits per heavy atom. The van der Waals surface area contributed by atoms with Crippen molar-refractivity contribution in [2.75, 3.05) is 32.7 Å². The number of halogens is 1. The van der Waals surface area contributed by atoms with Crippen molar-refractivity contribution in [3.05, 3.63) is 77.4 Å². The molecule has 2 atom stereocenters. The average Bonchev–Trinajstić information content (AvgIpc) is 3.59. The van der Waals surface area contributed by atoms with Gasteiger partial charge in [0.25, 0.3) is 0 Å². The van der Waals surface area contributed by atoms with Crippen LogP contribution in [0.15, 0.2) is 59.6 Å². The van der Waals surface area contributed by atoms with Crippen LogP contribution >= 0.6 is 0 Å². The molecule has 2 N–H and O–H groups in total. The average molecular weight is 518 g/mol. The molecule has 2 fully saturated rings. The first-order valence-corrected chi connectivity index (χ1v) is 13.7. The Morgan fingerprint density at radius 1 is 1.13 bits per heavy atom. The van der Waals surface area contributed by atoms with Crippen LogP contribution in [0.1, 0.15) is 61.0 Å². The van der Waals surface area contributed by atoms with Gasteiger partial charge in [0, 0.05) is 36.1 Å². The molecule has 3 aliphatic rings. The van der Waals surface area contributed by atoms with E-state index in [9.17, 15) is 9.18 Å². The quantitative estimate of drug-likeness (QED) is 0.385. The van der Waals surface area contributed by atoms with E-state index in [1.165, 1.54) is 6.07 Å². The van der Waals surface area contributed by atoms with Crippen molar-refractivity contribution < 1.29 is 14.3 Å². The number of hydrogen-bond acceptors (Lipinski definition) is 5. The highest BCUT2D eigenvalue weighted by molar-refractivity contribution is 6.02. The highest BCUT2D eigenvalue weighted by Crippen LogP contribution is 2.33. The predicted octanol–water partition coefficient (Wildman–Crippen LogP) is 4.86. The number of aliphatic carboxylic acids is 1. The van der Waals surface area contributed by atoms with E-state index in [0.717, 1.165) is 80.8 Å². The van der Waals surface area contributed by atoms with Gasteiger partial charge in [0.1, 0.15) is 11.7 Å². The van der Waals surface area contributed by atoms with E-state index in [4.69, 9.17) is 20.5 Å². The van der Waals surface area contributed by atoms with Crippen LogP contribution in [0.4, 0.5) is 4.39 Å². The molecule has 1 aromatic heterocycles. The second kappa shape index (κ2) is 12.0. The van der Waals surface area contributed by atoms with Gasteiger partial charge in [-0.15, -0.1) is 0 Å². The SMILES string of the molecule is N=C(/C=C\C1=NCC(c2cccc(CC3CCN(CC(=O)O)CC3)n2)C1)N1CCCC1c1cccc(F)c1. The first-order valence-electron chi connectivity index (χ1n) is 13.7. The predicted molar refractivity (Wildman–Crippen MR) is 146 cm³/mol. The second-order valence-electron chi connectivity index (χ2n) is 10.7. The Bertz CT molecular complexity index is 1220. The molecule has 0 saturated carbocycles. The van der Waals surface area contributed by atoms with Gasteiger partial charge in [0.05, 0.1) is 12.6 Å². The van der Waals surface area contributed by atoms with Gasteiger partial charge in [0.15, 0.2) is 0 Å². The number of piperidine rings is 1. The molecule has 1 aromatic carbocycles. The Morgan fingerprint density at radius 2 is 1.95 bits per heavy atom. The lowest BCUT2D eigenvalue weighted by atomic mass is 9.91. The molecular weight excluding hydrogens is 481 g/mol. The Labute approximate surface area is 223 Å². The molecule has 0 aliphatic carbocycles. The first kappa shape index (κ1) is 26.2. The summed E-state index contributed by atoms with van der Waals surface area (Å²) >= 11 is 0. The number of aliphatic imine (C=N–C) groups is 1. The number of rotatable bonds is 8. The molecule has 3 aliphatic heterocycles. The number of hydrogen-bond donors (Lipinski definition) is 2. The molecule has 7 nitrogen and oxygen atoms in total. The van der Waals surface area contributed by atoms with Crippen molar-refractivity contribution in [1.29, 1.82) is 5.41 Å². The van der Waals surface area contributed by atoms with Gasteiger partial charge < -0.3 is 10.0 Å². The lowest BCUT2D eigenvalue weighted by molar-refractivity contribution is -0.138. The maximum Gasteiger partial charge on any atom is 0.317 e. The molecule has 2 saturated heterocycles. The third-order valence-electron chi connectivity index (χ3n) is 8.01. The summed E-state index contributed by atoms with van der Waals surface area (Å²) < 4.78 is 13.7. The lowest BCUT2D eigenvalue weighted by Gasteiger charge is -2.30. The normalized spacial score (nSPS) is 22.8. The summed E-state index contributed by atoms with van der Waals surface area (Å²) in [6, 6.07) is 13.0. The van der Waals surface area contributed by atoms with Gasteiger partial charge in [-0.1, -0.05) is 18.2 Å². The minimum atomic E-state index is -0.758. The molecule has 0 spiro atoms. The number of nitrogens with zero attached hydrogens (tertiary/aromatic N) is 4. The van der Waals surface area contributed by atoms with Crippen LogP contribution in [-0.4, -0.2) is 70.1 Å². The fraction of sp³-hybridized carbons (Fsp3) is 0.467. The van der Waals surface area contributed by atoms with Crippen LogP contribution in [0.5, 0.6) is 0 Å². The minimum absolute atomic E-state index is 0.0393. The van der Waals surface area contributed by atoms with Gasteiger partial charge in [-0.05, 0) is 99.5 Å². The van der Waals surface area contributed by atoms with E-state index in [-0.39, 0.29) is 24.3 Å². The third kappa shape index (κ3) is 6.54. The van der Waals surface area contributed by atoms with Crippen molar-refractivity contribution in [3.8, 4) is 0 Å². The van der Waals surface area contributed by atoms with Crippen molar-refractivity contribution in [2.45, 2.75) is 50.5 Å². The number of pyridine rings is 1. The van der Waals surface area contributed by atoms with Gasteiger partial charge in [-0.2, -0.15) is 0 Å². The van der Waals surface area contributed by atoms with E-state index >= 15 is 0 Å². The molecule has 2 unspecified atom stereocenters. The Kier molecular flexibility index (Phi) is 8.27. The van der Waals surface area contributed by atoms with E-state index < -0.39 is 5.97 Å². The number of carbonyl (C=O) groups is 1. The number of benzene rings is 1. The lowest BCUT2D eigenvalue weighted by Crippen LogP contribution is -2.37. The molecule has 8 heteroatoms. The number of nitrogens with one attached hydrogen (secondary N) is 1. The van der Waals surface area contributed by atoms with Gasteiger partial charge in [0.2, 0.25) is 0 Å². The van der Waals surface area contributed by atoms with Crippen molar-refractivity contribution in [3.63, 3.8) is 0 Å². The van der Waals surface area contributed by atoms with Crippen LogP contribution < -0.4 is 0 Å². The summed E-state index contributed by atoms with van der Waals surface area (Å²) in [4.78, 5) is 24.7. The minimum Gasteiger partial charge on any atom is -0.480 e. The van der Waals surface area contributed by atoms with E-state index in [1.807, 2.05) is 23.1 Å². The number of carboxylic acids is 1. The third-order valence-corrected chi connectivity index (χ3v) is 8.01. The van der Waals surface area contributed by atoms with Crippen LogP contribution in [0.2, 0.25) is 0 Å². The summed E-state index contributed by atoms with van der Waals surface area (Å²) in [6.07, 6.45) is 9.44. The molecule has 0 amide bonds. The van der Waals surface area contributed by atoms with E-state index in [2.05, 4.69) is 23.1 Å². The molecular formula is C30H36FN5O2. The fourth-order valence-corrected chi connectivity index (χ4v) is 5.99. The smallest absolute Gasteiger partial charge is 0.317 e. The summed E-state index contributed by atoms with van der Waals surface area (Å²) in [5.41, 5.74) is 4.08. The number of carboxylic acid groups (broad SMARTS) is 1. The summed E-state index contributed by atoms with van der Waals surface area (Å²) in [6.45, 7) is 3.29. The number of likely N-dealkylation sites (tertiary alicyclic amines) is 2. The van der Waals surface area contributed by atoms with Crippen molar-refractivity contribution in [1.82, 2.24) is 14.8 Å². The van der Waals surface area contributed by atoms with Crippen LogP contribution in [-0.2, 0) is 11.2 Å². The zero-order chi connectivity index (χ0) is 26.5. The number of aromatic nitrogens is 1. The van der Waals surface area contributed by atoms with Crippen LogP contribution in [0.25, 0.3) is 0 Å². The molecule has 5 rings (SSSR count). The van der Waals surface area contributed by atoms with Crippen molar-refractivity contribution >= 4 is 17.5 Å². The molecule has 4 heterocycles. The number of amidine groups is 1. The molecule has 200 valence electrons. The Hall–Kier alpha value is -3.39. The summed E-state index contributed by atoms with van der Waals surface area (Å²) in [7, 11) is 0. The van der Waals surface area contributed by atoms with Gasteiger partial charge >= 0.3 is 5.97 Å². The monoisotopic (exact) mass is 517 g/mol. The fourth-order valence-electron chi connectivity index (χ4n) is 5.99. The second-order valence-corrected chi connectivity index (χ2v) is 10.7. The number of allylic oxidation sites excluding steroid dienone is 1. The van der Waals surface area contributed by atoms with Gasteiger partial charge in [-0.3, -0.25) is 25.1 Å². The summed E-state index contributed by atoms with van der Waals surface area (Å²) in [5, 5.41) is 17.6. The van der Waals surface area contributed by atoms with Crippen LogP contribution in [0, 0.1) is 17.1 Å². The molecule has 2 aromatic rings. The van der Waals surface area contributed by atoms with Gasteiger partial charge in [-0.25, -0.2) is 4.39 Å². The molecule has 0 radical (unpaired) electrons. The maximum absolute atomic E-state index is 13.7. The zero-order valence-electron chi connectivity index (χ0n) is 21.7. The largest absolute Gasteiger partial charge is 0.480 e. The Balaban J connectivity index is 1.13. The summed E-state index contributed by atoms with van der Waals surface area (Å²) in [5.74, 6) is 0.229. The highest BCUT2D eigenvalue weighted by Gasteiger charge is 2.28. The van der Waals surface area contributed by atoms with Crippen LogP contribution in [0.3, 0.4) is 0 Å². The van der Waals surface area contributed by atoms with E-state index in [1.54, 1.807) is 12.1 Å². The zero-order valence-corrected chi connectivity index (χ0v) is 21.7. The highest BCUT2D eigenvalue weighted by atomic mass is 19.1. The maximum atomic E-state index is 13.7. The topological polar surface area (TPSA) is 92.9 Å². The molecule has 0 bridgehead atoms. The first-order chi connectivity index (χ1) is 18.4. The standard InChI is InChI=1S/C30H36FN5O2/c31-24-5-1-4-22(17-24)28-8-3-13-36(28)29(32)10-9-25-18-23(19-33-25)27-7-2-6-26(34-27)16-21-11-14-35(15-12-21)20-30(37)38/h1-2,4-7,9-10,17,21,23,28,32H,3,8,11-16,18-20H2,(H,37,38)/b10-9-,32-29?.